The summed E-state index contributed by atoms with van der Waals surface area (Å²) in [6.07, 6.45) is 0.646. The lowest BCUT2D eigenvalue weighted by Crippen LogP contribution is -2.10. The number of ether oxygens (including phenoxy) is 2. The molecule has 2 aliphatic rings. The van der Waals surface area contributed by atoms with Crippen molar-refractivity contribution in [3.05, 3.63) is 58.9 Å². The first-order valence-electron chi connectivity index (χ1n) is 7.02. The number of rotatable bonds is 1. The van der Waals surface area contributed by atoms with Crippen LogP contribution in [-0.2, 0) is 6.42 Å². The van der Waals surface area contributed by atoms with Crippen LogP contribution >= 0.6 is 0 Å². The molecule has 0 radical (unpaired) electrons. The van der Waals surface area contributed by atoms with Crippen molar-refractivity contribution in [1.29, 1.82) is 0 Å². The molecule has 0 aliphatic carbocycles. The molecule has 4 nitrogen and oxygen atoms in total. The first-order valence-corrected chi connectivity index (χ1v) is 7.02. The molecule has 0 aromatic heterocycles. The highest BCUT2D eigenvalue weighted by molar-refractivity contribution is 6.17. The first kappa shape index (κ1) is 13.0. The van der Waals surface area contributed by atoms with Crippen LogP contribution in [0.3, 0.4) is 0 Å². The molecule has 2 heterocycles. The van der Waals surface area contributed by atoms with Crippen molar-refractivity contribution < 1.29 is 13.9 Å². The zero-order valence-corrected chi connectivity index (χ0v) is 12.0. The van der Waals surface area contributed by atoms with Gasteiger partial charge in [-0.3, -0.25) is 0 Å². The van der Waals surface area contributed by atoms with Crippen molar-refractivity contribution in [2.75, 3.05) is 6.79 Å². The Labute approximate surface area is 126 Å². The van der Waals surface area contributed by atoms with E-state index in [-0.39, 0.29) is 12.6 Å². The second-order valence-electron chi connectivity index (χ2n) is 5.27. The van der Waals surface area contributed by atoms with Gasteiger partial charge < -0.3 is 9.47 Å². The molecule has 110 valence electrons. The minimum absolute atomic E-state index is 0.163. The van der Waals surface area contributed by atoms with E-state index in [1.54, 1.807) is 18.2 Å². The fourth-order valence-electron chi connectivity index (χ4n) is 2.76. The fraction of sp³-hybridized carbons (Fsp3) is 0.176. The number of halogens is 1. The molecular weight excluding hydrogens is 283 g/mol. The molecule has 0 saturated carbocycles. The van der Waals surface area contributed by atoms with Crippen LogP contribution in [0.5, 0.6) is 11.5 Å². The summed E-state index contributed by atoms with van der Waals surface area (Å²) in [6, 6.07) is 10.4. The third kappa shape index (κ3) is 1.97. The maximum atomic E-state index is 14.2. The van der Waals surface area contributed by atoms with E-state index in [4.69, 9.17) is 9.47 Å². The molecule has 0 amide bonds. The minimum atomic E-state index is -0.335. The first-order chi connectivity index (χ1) is 10.7. The van der Waals surface area contributed by atoms with Crippen LogP contribution in [0.25, 0.3) is 0 Å². The second-order valence-corrected chi connectivity index (χ2v) is 5.27. The lowest BCUT2D eigenvalue weighted by atomic mass is 9.93. The van der Waals surface area contributed by atoms with E-state index in [0.717, 1.165) is 16.8 Å². The van der Waals surface area contributed by atoms with Gasteiger partial charge >= 0.3 is 0 Å². The topological polar surface area (TPSA) is 43.2 Å². The normalized spacial score (nSPS) is 15.7. The molecule has 22 heavy (non-hydrogen) atoms. The molecule has 0 spiro atoms. The number of fused-ring (bicyclic) bond motifs is 3. The van der Waals surface area contributed by atoms with Gasteiger partial charge in [0.15, 0.2) is 11.5 Å². The highest BCUT2D eigenvalue weighted by Gasteiger charge is 2.27. The number of benzene rings is 2. The van der Waals surface area contributed by atoms with Crippen LogP contribution in [0.2, 0.25) is 0 Å². The Morgan fingerprint density at radius 1 is 1.05 bits per heavy atom. The fourth-order valence-corrected chi connectivity index (χ4v) is 2.76. The van der Waals surface area contributed by atoms with Crippen molar-refractivity contribution in [3.63, 3.8) is 0 Å². The van der Waals surface area contributed by atoms with Gasteiger partial charge in [-0.25, -0.2) is 4.39 Å². The zero-order valence-electron chi connectivity index (χ0n) is 12.0. The van der Waals surface area contributed by atoms with Crippen molar-refractivity contribution >= 4 is 11.4 Å². The number of nitrogens with zero attached hydrogens (tertiary/aromatic N) is 2. The van der Waals surface area contributed by atoms with E-state index < -0.39 is 0 Å². The van der Waals surface area contributed by atoms with Crippen LogP contribution in [0.1, 0.15) is 23.6 Å². The van der Waals surface area contributed by atoms with Gasteiger partial charge in [0.25, 0.3) is 0 Å². The van der Waals surface area contributed by atoms with Crippen molar-refractivity contribution in [2.45, 2.75) is 13.3 Å². The predicted octanol–water partition coefficient (Wildman–Crippen LogP) is 3.32. The molecule has 5 heteroatoms. The van der Waals surface area contributed by atoms with Crippen LogP contribution < -0.4 is 9.47 Å². The van der Waals surface area contributed by atoms with Gasteiger partial charge in [0.05, 0.1) is 5.56 Å². The van der Waals surface area contributed by atoms with Gasteiger partial charge in [0.1, 0.15) is 11.5 Å². The summed E-state index contributed by atoms with van der Waals surface area (Å²) in [5.74, 6) is 0.935. The Morgan fingerprint density at radius 2 is 1.91 bits per heavy atom. The third-order valence-electron chi connectivity index (χ3n) is 3.76. The SMILES string of the molecule is CC1=NN=C(c2ccccc2F)c2c(ccc3c2OCO3)C1. The van der Waals surface area contributed by atoms with E-state index in [9.17, 15) is 4.39 Å². The monoisotopic (exact) mass is 296 g/mol. The van der Waals surface area contributed by atoms with E-state index in [0.29, 0.717) is 29.2 Å². The van der Waals surface area contributed by atoms with Crippen LogP contribution in [0.4, 0.5) is 4.39 Å². The Bertz CT molecular complexity index is 827. The van der Waals surface area contributed by atoms with E-state index in [1.807, 2.05) is 19.1 Å². The molecule has 2 aliphatic heterocycles. The number of hydrogen-bond acceptors (Lipinski definition) is 4. The molecule has 0 N–H and O–H groups in total. The summed E-state index contributed by atoms with van der Waals surface area (Å²) in [4.78, 5) is 0. The summed E-state index contributed by atoms with van der Waals surface area (Å²) in [5, 5.41) is 8.49. The minimum Gasteiger partial charge on any atom is -0.454 e. The molecule has 4 rings (SSSR count). The Morgan fingerprint density at radius 3 is 2.77 bits per heavy atom. The molecular formula is C17H13FN2O2. The van der Waals surface area contributed by atoms with Crippen molar-refractivity contribution in [3.8, 4) is 11.5 Å². The third-order valence-corrected chi connectivity index (χ3v) is 3.76. The quantitative estimate of drug-likeness (QED) is 0.810. The van der Waals surface area contributed by atoms with Crippen molar-refractivity contribution in [1.82, 2.24) is 0 Å². The van der Waals surface area contributed by atoms with Crippen LogP contribution in [-0.4, -0.2) is 18.2 Å². The smallest absolute Gasteiger partial charge is 0.231 e. The largest absolute Gasteiger partial charge is 0.454 e. The van der Waals surface area contributed by atoms with Crippen molar-refractivity contribution in [2.24, 2.45) is 10.2 Å². The van der Waals surface area contributed by atoms with E-state index in [2.05, 4.69) is 10.2 Å². The maximum Gasteiger partial charge on any atom is 0.231 e. The standard InChI is InChI=1S/C17H13FN2O2/c1-10-8-11-6-7-14-17(22-9-21-14)15(11)16(20-19-10)12-4-2-3-5-13(12)18/h2-7H,8-9H2,1H3. The molecule has 0 bridgehead atoms. The van der Waals surface area contributed by atoms with Gasteiger partial charge in [0.2, 0.25) is 6.79 Å². The van der Waals surface area contributed by atoms with Crippen LogP contribution in [0, 0.1) is 5.82 Å². The summed E-state index contributed by atoms with van der Waals surface area (Å²) in [6.45, 7) is 2.07. The summed E-state index contributed by atoms with van der Waals surface area (Å²) >= 11 is 0. The second kappa shape index (κ2) is 4.94. The lowest BCUT2D eigenvalue weighted by Gasteiger charge is -2.12. The van der Waals surface area contributed by atoms with Gasteiger partial charge in [-0.1, -0.05) is 18.2 Å². The highest BCUT2D eigenvalue weighted by Crippen LogP contribution is 2.40. The molecule has 0 unspecified atom stereocenters. The molecule has 2 aromatic rings. The number of hydrogen-bond donors (Lipinski definition) is 0. The maximum absolute atomic E-state index is 14.2. The average molecular weight is 296 g/mol. The lowest BCUT2D eigenvalue weighted by molar-refractivity contribution is 0.174. The van der Waals surface area contributed by atoms with Gasteiger partial charge in [0, 0.05) is 17.7 Å². The zero-order chi connectivity index (χ0) is 15.1. The molecule has 0 atom stereocenters. The predicted molar refractivity (Wildman–Crippen MR) is 81.4 cm³/mol. The Kier molecular flexibility index (Phi) is 2.92. The van der Waals surface area contributed by atoms with Crippen LogP contribution in [0.15, 0.2) is 46.6 Å². The Hall–Kier alpha value is -2.69. The summed E-state index contributed by atoms with van der Waals surface area (Å²) < 4.78 is 25.3. The molecule has 0 saturated heterocycles. The van der Waals surface area contributed by atoms with Gasteiger partial charge in [-0.15, -0.1) is 5.10 Å². The molecule has 0 fully saturated rings. The van der Waals surface area contributed by atoms with E-state index in [1.165, 1.54) is 6.07 Å². The molecule has 2 aromatic carbocycles. The average Bonchev–Trinajstić information content (AvgIpc) is 2.92. The highest BCUT2D eigenvalue weighted by atomic mass is 19.1. The summed E-state index contributed by atoms with van der Waals surface area (Å²) in [5.41, 5.74) is 3.52. The van der Waals surface area contributed by atoms with Gasteiger partial charge in [-0.2, -0.15) is 5.10 Å². The summed E-state index contributed by atoms with van der Waals surface area (Å²) in [7, 11) is 0. The van der Waals surface area contributed by atoms with Gasteiger partial charge in [-0.05, 0) is 30.7 Å². The Balaban J connectivity index is 2.00. The van der Waals surface area contributed by atoms with E-state index >= 15 is 0 Å².